The van der Waals surface area contributed by atoms with Gasteiger partial charge in [-0.3, -0.25) is 4.79 Å². The summed E-state index contributed by atoms with van der Waals surface area (Å²) in [5.41, 5.74) is 6.73. The number of benzene rings is 1. The van der Waals surface area contributed by atoms with Crippen LogP contribution in [-0.2, 0) is 11.2 Å². The summed E-state index contributed by atoms with van der Waals surface area (Å²) in [4.78, 5) is 13.5. The van der Waals surface area contributed by atoms with E-state index in [0.29, 0.717) is 0 Å². The second-order valence-electron chi connectivity index (χ2n) is 4.78. The molecule has 1 saturated heterocycles. The van der Waals surface area contributed by atoms with Gasteiger partial charge in [-0.2, -0.15) is 0 Å². The Kier molecular flexibility index (Phi) is 4.15. The van der Waals surface area contributed by atoms with E-state index < -0.39 is 0 Å². The number of nitrogens with zero attached hydrogens (tertiary/aromatic N) is 1. The van der Waals surface area contributed by atoms with Crippen molar-refractivity contribution in [3.8, 4) is 0 Å². The molecule has 1 fully saturated rings. The first-order valence-corrected chi connectivity index (χ1v) is 6.31. The fourth-order valence-corrected chi connectivity index (χ4v) is 2.42. The van der Waals surface area contributed by atoms with Crippen LogP contribution in [0.3, 0.4) is 0 Å². The summed E-state index contributed by atoms with van der Waals surface area (Å²) in [6.07, 6.45) is 3.09. The fraction of sp³-hybridized carbons (Fsp3) is 0.500. The van der Waals surface area contributed by atoms with Crippen LogP contribution >= 0.6 is 0 Å². The summed E-state index contributed by atoms with van der Waals surface area (Å²) >= 11 is 0. The predicted molar refractivity (Wildman–Crippen MR) is 68.5 cm³/mol. The summed E-state index contributed by atoms with van der Waals surface area (Å²) in [6.45, 7) is 2.95. The maximum atomic E-state index is 11.2. The van der Waals surface area contributed by atoms with Crippen molar-refractivity contribution in [2.24, 2.45) is 11.7 Å². The van der Waals surface area contributed by atoms with E-state index in [9.17, 15) is 4.79 Å². The zero-order chi connectivity index (χ0) is 12.1. The molecule has 1 aromatic carbocycles. The van der Waals surface area contributed by atoms with Crippen molar-refractivity contribution in [3.63, 3.8) is 0 Å². The predicted octanol–water partition coefficient (Wildman–Crippen LogP) is 1.43. The second-order valence-corrected chi connectivity index (χ2v) is 4.78. The number of piperidine rings is 1. The Balaban J connectivity index is 1.81. The molecule has 2 rings (SSSR count). The molecular formula is C14H20N2O. The lowest BCUT2D eigenvalue weighted by molar-refractivity contribution is -0.123. The van der Waals surface area contributed by atoms with Gasteiger partial charge in [0.2, 0.25) is 5.91 Å². The molecule has 1 atom stereocenters. The molecule has 3 nitrogen and oxygen atoms in total. The van der Waals surface area contributed by atoms with Gasteiger partial charge in [-0.15, -0.1) is 0 Å². The van der Waals surface area contributed by atoms with Gasteiger partial charge in [0.05, 0.1) is 5.92 Å². The van der Waals surface area contributed by atoms with Crippen LogP contribution < -0.4 is 5.73 Å². The fourth-order valence-electron chi connectivity index (χ4n) is 2.42. The molecule has 0 bridgehead atoms. The summed E-state index contributed by atoms with van der Waals surface area (Å²) in [5, 5.41) is 0. The van der Waals surface area contributed by atoms with Crippen molar-refractivity contribution >= 4 is 5.91 Å². The minimum atomic E-state index is -0.144. The molecule has 0 radical (unpaired) electrons. The highest BCUT2D eigenvalue weighted by atomic mass is 16.1. The Bertz CT molecular complexity index is 364. The molecule has 3 heteroatoms. The number of rotatable bonds is 4. The molecule has 1 aromatic rings. The zero-order valence-electron chi connectivity index (χ0n) is 10.1. The van der Waals surface area contributed by atoms with Gasteiger partial charge in [0.1, 0.15) is 0 Å². The minimum absolute atomic E-state index is 0.0551. The molecule has 1 heterocycles. The highest BCUT2D eigenvalue weighted by Gasteiger charge is 2.23. The Hall–Kier alpha value is -1.35. The van der Waals surface area contributed by atoms with Gasteiger partial charge >= 0.3 is 0 Å². The Morgan fingerprint density at radius 2 is 2.12 bits per heavy atom. The van der Waals surface area contributed by atoms with Crippen molar-refractivity contribution in [3.05, 3.63) is 35.9 Å². The van der Waals surface area contributed by atoms with E-state index in [2.05, 4.69) is 29.2 Å². The van der Waals surface area contributed by atoms with Gasteiger partial charge in [0.15, 0.2) is 0 Å². The number of carbonyl (C=O) groups excluding carboxylic acids is 1. The van der Waals surface area contributed by atoms with E-state index in [1.165, 1.54) is 5.56 Å². The van der Waals surface area contributed by atoms with E-state index >= 15 is 0 Å². The number of hydrogen-bond donors (Lipinski definition) is 1. The molecule has 0 aromatic heterocycles. The summed E-state index contributed by atoms with van der Waals surface area (Å²) < 4.78 is 0. The number of likely N-dealkylation sites (tertiary alicyclic amines) is 1. The Labute approximate surface area is 103 Å². The average Bonchev–Trinajstić information content (AvgIpc) is 2.38. The first-order chi connectivity index (χ1) is 8.25. The normalized spacial score (nSPS) is 21.3. The third-order valence-corrected chi connectivity index (χ3v) is 3.47. The lowest BCUT2D eigenvalue weighted by atomic mass is 9.97. The number of nitrogens with two attached hydrogens (primary N) is 1. The van der Waals surface area contributed by atoms with Crippen molar-refractivity contribution in [2.45, 2.75) is 19.3 Å². The molecule has 0 spiro atoms. The molecular weight excluding hydrogens is 212 g/mol. The van der Waals surface area contributed by atoms with Crippen molar-refractivity contribution in [1.82, 2.24) is 4.90 Å². The molecule has 0 aliphatic carbocycles. The van der Waals surface area contributed by atoms with Crippen LogP contribution in [0.15, 0.2) is 30.3 Å². The van der Waals surface area contributed by atoms with Crippen molar-refractivity contribution < 1.29 is 4.79 Å². The quantitative estimate of drug-likeness (QED) is 0.853. The highest BCUT2D eigenvalue weighted by molar-refractivity contribution is 5.76. The standard InChI is InChI=1S/C14H20N2O/c15-14(17)13-7-4-9-16(11-13)10-8-12-5-2-1-3-6-12/h1-3,5-6,13H,4,7-11H2,(H2,15,17)/t13-/m1/s1. The second kappa shape index (κ2) is 5.82. The van der Waals surface area contributed by atoms with Gasteiger partial charge in [-0.05, 0) is 31.4 Å². The van der Waals surface area contributed by atoms with Crippen LogP contribution in [0.4, 0.5) is 0 Å². The molecule has 1 aliphatic rings. The van der Waals surface area contributed by atoms with Crippen LogP contribution in [0.1, 0.15) is 18.4 Å². The molecule has 92 valence electrons. The number of carbonyl (C=O) groups is 1. The van der Waals surface area contributed by atoms with Crippen molar-refractivity contribution in [1.29, 1.82) is 0 Å². The summed E-state index contributed by atoms with van der Waals surface area (Å²) in [6, 6.07) is 10.5. The van der Waals surface area contributed by atoms with Gasteiger partial charge < -0.3 is 10.6 Å². The number of amides is 1. The SMILES string of the molecule is NC(=O)[C@@H]1CCCN(CCc2ccccc2)C1. The third-order valence-electron chi connectivity index (χ3n) is 3.47. The first kappa shape index (κ1) is 12.1. The van der Waals surface area contributed by atoms with Crippen LogP contribution in [0.2, 0.25) is 0 Å². The van der Waals surface area contributed by atoms with E-state index in [1.54, 1.807) is 0 Å². The van der Waals surface area contributed by atoms with Crippen LogP contribution in [0, 0.1) is 5.92 Å². The summed E-state index contributed by atoms with van der Waals surface area (Å²) in [5.74, 6) is -0.0889. The minimum Gasteiger partial charge on any atom is -0.369 e. The topological polar surface area (TPSA) is 46.3 Å². The monoisotopic (exact) mass is 232 g/mol. The number of hydrogen-bond acceptors (Lipinski definition) is 2. The third kappa shape index (κ3) is 3.56. The van der Waals surface area contributed by atoms with Gasteiger partial charge in [-0.25, -0.2) is 0 Å². The van der Waals surface area contributed by atoms with Gasteiger partial charge in [0, 0.05) is 13.1 Å². The molecule has 0 unspecified atom stereocenters. The van der Waals surface area contributed by atoms with Gasteiger partial charge in [-0.1, -0.05) is 30.3 Å². The average molecular weight is 232 g/mol. The molecule has 1 amide bonds. The maximum absolute atomic E-state index is 11.2. The molecule has 17 heavy (non-hydrogen) atoms. The van der Waals surface area contributed by atoms with E-state index in [4.69, 9.17) is 5.73 Å². The molecule has 1 aliphatic heterocycles. The van der Waals surface area contributed by atoms with Crippen LogP contribution in [0.5, 0.6) is 0 Å². The largest absolute Gasteiger partial charge is 0.369 e. The lowest BCUT2D eigenvalue weighted by Crippen LogP contribution is -2.41. The number of primary amides is 1. The Morgan fingerprint density at radius 3 is 2.82 bits per heavy atom. The highest BCUT2D eigenvalue weighted by Crippen LogP contribution is 2.16. The first-order valence-electron chi connectivity index (χ1n) is 6.31. The van der Waals surface area contributed by atoms with E-state index in [-0.39, 0.29) is 11.8 Å². The summed E-state index contributed by atoms with van der Waals surface area (Å²) in [7, 11) is 0. The zero-order valence-corrected chi connectivity index (χ0v) is 10.1. The van der Waals surface area contributed by atoms with Gasteiger partial charge in [0.25, 0.3) is 0 Å². The lowest BCUT2D eigenvalue weighted by Gasteiger charge is -2.31. The van der Waals surface area contributed by atoms with Crippen LogP contribution in [0.25, 0.3) is 0 Å². The van der Waals surface area contributed by atoms with Crippen molar-refractivity contribution in [2.75, 3.05) is 19.6 Å². The van der Waals surface area contributed by atoms with E-state index in [1.807, 2.05) is 6.07 Å². The Morgan fingerprint density at radius 1 is 1.35 bits per heavy atom. The molecule has 0 saturated carbocycles. The smallest absolute Gasteiger partial charge is 0.221 e. The maximum Gasteiger partial charge on any atom is 0.221 e. The van der Waals surface area contributed by atoms with E-state index in [0.717, 1.165) is 38.9 Å². The molecule has 2 N–H and O–H groups in total. The van der Waals surface area contributed by atoms with Crippen LogP contribution in [-0.4, -0.2) is 30.4 Å².